The van der Waals surface area contributed by atoms with Crippen LogP contribution in [-0.4, -0.2) is 42.2 Å². The summed E-state index contributed by atoms with van der Waals surface area (Å²) in [7, 11) is 0. The van der Waals surface area contributed by atoms with E-state index in [0.717, 1.165) is 16.1 Å². The molecule has 1 aromatic heterocycles. The maximum atomic E-state index is 11.6. The molecule has 1 saturated heterocycles. The molecule has 2 rings (SSSR count). The van der Waals surface area contributed by atoms with Crippen LogP contribution < -0.4 is 10.1 Å². The fourth-order valence-corrected chi connectivity index (χ4v) is 2.56. The highest BCUT2D eigenvalue weighted by Crippen LogP contribution is 2.23. The minimum Gasteiger partial charge on any atom is -0.397 e. The first-order valence-corrected chi connectivity index (χ1v) is 6.44. The van der Waals surface area contributed by atoms with Gasteiger partial charge in [-0.3, -0.25) is 0 Å². The first-order valence-electron chi connectivity index (χ1n) is 4.54. The highest BCUT2D eigenvalue weighted by molar-refractivity contribution is 14.1. The monoisotopic (exact) mass is 339 g/mol. The molecule has 5 nitrogen and oxygen atoms in total. The second kappa shape index (κ2) is 5.08. The molecule has 1 amide bonds. The van der Waals surface area contributed by atoms with Gasteiger partial charge in [0.15, 0.2) is 3.01 Å². The van der Waals surface area contributed by atoms with Crippen molar-refractivity contribution in [1.82, 2.24) is 15.2 Å². The quantitative estimate of drug-likeness (QED) is 0.780. The standard InChI is InChI=1S/C8H10IN3O2S/c9-7-11-5-6(15-7)14-8(13)12-3-1-10-2-4-12/h5,10H,1-4H2. The Hall–Kier alpha value is -0.410. The van der Waals surface area contributed by atoms with Gasteiger partial charge in [0.25, 0.3) is 0 Å². The lowest BCUT2D eigenvalue weighted by Gasteiger charge is -2.25. The number of hydrogen-bond donors (Lipinski definition) is 1. The molecule has 0 aliphatic carbocycles. The Morgan fingerprint density at radius 3 is 2.93 bits per heavy atom. The van der Waals surface area contributed by atoms with E-state index in [0.29, 0.717) is 18.2 Å². The van der Waals surface area contributed by atoms with Gasteiger partial charge in [0.2, 0.25) is 5.06 Å². The van der Waals surface area contributed by atoms with E-state index in [9.17, 15) is 4.79 Å². The van der Waals surface area contributed by atoms with E-state index in [1.54, 1.807) is 11.1 Å². The lowest BCUT2D eigenvalue weighted by molar-refractivity contribution is 0.147. The lowest BCUT2D eigenvalue weighted by Crippen LogP contribution is -2.47. The molecule has 15 heavy (non-hydrogen) atoms. The Morgan fingerprint density at radius 1 is 1.60 bits per heavy atom. The molecule has 1 aliphatic rings. The van der Waals surface area contributed by atoms with E-state index in [1.807, 2.05) is 0 Å². The third-order valence-corrected chi connectivity index (χ3v) is 3.62. The molecule has 82 valence electrons. The number of ether oxygens (including phenoxy) is 1. The zero-order valence-corrected chi connectivity index (χ0v) is 10.9. The fraction of sp³-hybridized carbons (Fsp3) is 0.500. The number of amides is 1. The topological polar surface area (TPSA) is 54.5 Å². The van der Waals surface area contributed by atoms with E-state index in [-0.39, 0.29) is 6.09 Å². The number of hydrogen-bond acceptors (Lipinski definition) is 5. The zero-order chi connectivity index (χ0) is 10.7. The molecule has 0 aromatic carbocycles. The number of carbonyl (C=O) groups is 1. The fourth-order valence-electron chi connectivity index (χ4n) is 1.28. The average Bonchev–Trinajstić information content (AvgIpc) is 2.65. The second-order valence-electron chi connectivity index (χ2n) is 3.04. The summed E-state index contributed by atoms with van der Waals surface area (Å²) in [6.45, 7) is 3.06. The van der Waals surface area contributed by atoms with Crippen LogP contribution in [0.4, 0.5) is 4.79 Å². The van der Waals surface area contributed by atoms with Crippen molar-refractivity contribution in [2.24, 2.45) is 0 Å². The predicted octanol–water partition coefficient (Wildman–Crippen LogP) is 1.15. The van der Waals surface area contributed by atoms with Crippen molar-refractivity contribution in [3.8, 4) is 5.06 Å². The van der Waals surface area contributed by atoms with Crippen molar-refractivity contribution in [2.45, 2.75) is 0 Å². The zero-order valence-electron chi connectivity index (χ0n) is 7.90. The smallest absolute Gasteiger partial charge is 0.397 e. The molecule has 2 heterocycles. The molecule has 1 fully saturated rings. The summed E-state index contributed by atoms with van der Waals surface area (Å²) in [6, 6.07) is 0. The molecule has 0 atom stereocenters. The number of halogens is 1. The van der Waals surface area contributed by atoms with Crippen LogP contribution in [0.15, 0.2) is 6.20 Å². The number of rotatable bonds is 1. The van der Waals surface area contributed by atoms with Crippen LogP contribution in [-0.2, 0) is 0 Å². The Kier molecular flexibility index (Phi) is 3.76. The van der Waals surface area contributed by atoms with E-state index in [2.05, 4.69) is 32.9 Å². The number of nitrogens with zero attached hydrogens (tertiary/aromatic N) is 2. The number of aromatic nitrogens is 1. The molecule has 0 radical (unpaired) electrons. The van der Waals surface area contributed by atoms with Crippen LogP contribution in [0.3, 0.4) is 0 Å². The van der Waals surface area contributed by atoms with Gasteiger partial charge >= 0.3 is 6.09 Å². The number of piperazine rings is 1. The molecular formula is C8H10IN3O2S. The summed E-state index contributed by atoms with van der Waals surface area (Å²) in [6.07, 6.45) is 1.29. The Labute approximate surface area is 105 Å². The van der Waals surface area contributed by atoms with Crippen molar-refractivity contribution in [1.29, 1.82) is 0 Å². The SMILES string of the molecule is O=C(Oc1cnc(I)s1)N1CCNCC1. The summed E-state index contributed by atoms with van der Waals surface area (Å²) in [5.74, 6) is 0. The Balaban J connectivity index is 1.91. The van der Waals surface area contributed by atoms with Crippen LogP contribution in [0.5, 0.6) is 5.06 Å². The van der Waals surface area contributed by atoms with Gasteiger partial charge in [0.1, 0.15) is 0 Å². The first-order chi connectivity index (χ1) is 7.25. The molecule has 0 unspecified atom stereocenters. The number of nitrogens with one attached hydrogen (secondary N) is 1. The van der Waals surface area contributed by atoms with Gasteiger partial charge in [-0.1, -0.05) is 11.3 Å². The molecule has 1 aromatic rings. The molecule has 7 heteroatoms. The Bertz CT molecular complexity index is 351. The van der Waals surface area contributed by atoms with E-state index >= 15 is 0 Å². The molecule has 1 N–H and O–H groups in total. The second-order valence-corrected chi connectivity index (χ2v) is 5.78. The van der Waals surface area contributed by atoms with Crippen LogP contribution in [0.1, 0.15) is 0 Å². The molecular weight excluding hydrogens is 329 g/mol. The minimum atomic E-state index is -0.281. The summed E-state index contributed by atoms with van der Waals surface area (Å²) < 4.78 is 6.06. The van der Waals surface area contributed by atoms with Crippen molar-refractivity contribution in [3.63, 3.8) is 0 Å². The van der Waals surface area contributed by atoms with Gasteiger partial charge in [0.05, 0.1) is 6.20 Å². The molecule has 1 aliphatic heterocycles. The largest absolute Gasteiger partial charge is 0.416 e. The summed E-state index contributed by atoms with van der Waals surface area (Å²) >= 11 is 3.46. The third kappa shape index (κ3) is 3.02. The van der Waals surface area contributed by atoms with Gasteiger partial charge < -0.3 is 15.0 Å². The summed E-state index contributed by atoms with van der Waals surface area (Å²) in [5.41, 5.74) is 0. The van der Waals surface area contributed by atoms with E-state index < -0.39 is 0 Å². The highest BCUT2D eigenvalue weighted by atomic mass is 127. The normalized spacial score (nSPS) is 16.5. The molecule has 0 bridgehead atoms. The van der Waals surface area contributed by atoms with Gasteiger partial charge in [-0.15, -0.1) is 0 Å². The number of carbonyl (C=O) groups excluding carboxylic acids is 1. The lowest BCUT2D eigenvalue weighted by atomic mass is 10.4. The van der Waals surface area contributed by atoms with Crippen LogP contribution in [0.2, 0.25) is 0 Å². The maximum Gasteiger partial charge on any atom is 0.416 e. The van der Waals surface area contributed by atoms with Gasteiger partial charge in [0, 0.05) is 26.2 Å². The predicted molar refractivity (Wildman–Crippen MR) is 65.3 cm³/mol. The molecule has 0 saturated carbocycles. The van der Waals surface area contributed by atoms with Crippen molar-refractivity contribution in [3.05, 3.63) is 9.21 Å². The van der Waals surface area contributed by atoms with Crippen LogP contribution >= 0.6 is 33.9 Å². The number of thiazole rings is 1. The van der Waals surface area contributed by atoms with E-state index in [1.165, 1.54) is 11.3 Å². The Morgan fingerprint density at radius 2 is 2.33 bits per heavy atom. The third-order valence-electron chi connectivity index (χ3n) is 2.02. The minimum absolute atomic E-state index is 0.281. The average molecular weight is 339 g/mol. The van der Waals surface area contributed by atoms with Crippen LogP contribution in [0, 0.1) is 3.01 Å². The summed E-state index contributed by atoms with van der Waals surface area (Å²) in [5, 5.41) is 3.74. The van der Waals surface area contributed by atoms with Crippen molar-refractivity contribution >= 4 is 40.0 Å². The summed E-state index contributed by atoms with van der Waals surface area (Å²) in [4.78, 5) is 17.3. The van der Waals surface area contributed by atoms with Crippen LogP contribution in [0.25, 0.3) is 0 Å². The van der Waals surface area contributed by atoms with E-state index in [4.69, 9.17) is 4.74 Å². The van der Waals surface area contributed by atoms with Crippen molar-refractivity contribution < 1.29 is 9.53 Å². The van der Waals surface area contributed by atoms with Gasteiger partial charge in [-0.25, -0.2) is 9.78 Å². The van der Waals surface area contributed by atoms with Gasteiger partial charge in [-0.05, 0) is 22.6 Å². The maximum absolute atomic E-state index is 11.6. The molecule has 0 spiro atoms. The van der Waals surface area contributed by atoms with Crippen molar-refractivity contribution in [2.75, 3.05) is 26.2 Å². The highest BCUT2D eigenvalue weighted by Gasteiger charge is 2.18. The first kappa shape index (κ1) is 11.1. The van der Waals surface area contributed by atoms with Gasteiger partial charge in [-0.2, -0.15) is 0 Å².